The molecule has 1 unspecified atom stereocenters. The molecule has 6 nitrogen and oxygen atoms in total. The van der Waals surface area contributed by atoms with Crippen LogP contribution in [0.2, 0.25) is 0 Å². The number of carbonyl (C=O) groups is 3. The Morgan fingerprint density at radius 1 is 0.284 bits per heavy atom. The van der Waals surface area contributed by atoms with Crippen LogP contribution in [0.25, 0.3) is 0 Å². The van der Waals surface area contributed by atoms with E-state index in [1.54, 1.807) is 0 Å². The lowest BCUT2D eigenvalue weighted by molar-refractivity contribution is -0.167. The Hall–Kier alpha value is -2.63. The first-order chi connectivity index (χ1) is 36.5. The van der Waals surface area contributed by atoms with Crippen molar-refractivity contribution in [3.63, 3.8) is 0 Å². The van der Waals surface area contributed by atoms with Gasteiger partial charge in [0.2, 0.25) is 0 Å². The van der Waals surface area contributed by atoms with Crippen LogP contribution in [0.5, 0.6) is 0 Å². The number of unbranched alkanes of at least 4 members (excludes halogenated alkanes) is 41. The van der Waals surface area contributed by atoms with E-state index < -0.39 is 6.10 Å². The molecule has 0 saturated heterocycles. The maximum absolute atomic E-state index is 12.9. The molecule has 0 bridgehead atoms. The molecule has 0 radical (unpaired) electrons. The van der Waals surface area contributed by atoms with Gasteiger partial charge in [-0.05, 0) is 57.8 Å². The van der Waals surface area contributed by atoms with Crippen molar-refractivity contribution in [1.82, 2.24) is 0 Å². The zero-order chi connectivity index (χ0) is 53.6. The highest BCUT2D eigenvalue weighted by atomic mass is 16.6. The average Bonchev–Trinajstić information content (AvgIpc) is 3.40. The van der Waals surface area contributed by atoms with Gasteiger partial charge < -0.3 is 14.2 Å². The Bertz CT molecular complexity index is 1280. The van der Waals surface area contributed by atoms with Crippen LogP contribution < -0.4 is 0 Å². The highest BCUT2D eigenvalue weighted by Crippen LogP contribution is 2.18. The summed E-state index contributed by atoms with van der Waals surface area (Å²) >= 11 is 0. The molecule has 6 heteroatoms. The molecule has 0 rings (SSSR count). The molecule has 0 amide bonds. The quantitative estimate of drug-likeness (QED) is 0.0261. The van der Waals surface area contributed by atoms with Crippen molar-refractivity contribution in [3.8, 4) is 0 Å². The molecule has 0 fully saturated rings. The van der Waals surface area contributed by atoms with Crippen LogP contribution in [0.3, 0.4) is 0 Å². The second kappa shape index (κ2) is 62.9. The van der Waals surface area contributed by atoms with Crippen molar-refractivity contribution in [2.45, 2.75) is 354 Å². The van der Waals surface area contributed by atoms with E-state index in [1.165, 1.54) is 218 Å². The standard InChI is InChI=1S/C68H124O6/c1-4-7-10-13-16-19-21-23-25-27-29-31-32-33-34-35-37-38-40-42-44-46-49-52-55-58-61-67(70)73-64-65(63-72-66(69)60-57-54-51-48-18-15-12-9-6-3)74-68(71)62-59-56-53-50-47-45-43-41-39-36-30-28-26-24-22-20-17-14-11-8-5-2/h8,11,17,20,24,26,30,36,65H,4-7,9-10,12-16,18-19,21-23,25,27-29,31-35,37-64H2,1-3H3/b11-8-,20-17-,26-24-,36-30-. The Kier molecular flexibility index (Phi) is 60.7. The second-order valence-corrected chi connectivity index (χ2v) is 22.0. The first-order valence-corrected chi connectivity index (χ1v) is 32.6. The van der Waals surface area contributed by atoms with Gasteiger partial charge in [0, 0.05) is 19.3 Å². The third-order valence-corrected chi connectivity index (χ3v) is 14.6. The zero-order valence-electron chi connectivity index (χ0n) is 49.6. The highest BCUT2D eigenvalue weighted by Gasteiger charge is 2.19. The summed E-state index contributed by atoms with van der Waals surface area (Å²) < 4.78 is 16.9. The highest BCUT2D eigenvalue weighted by molar-refractivity contribution is 5.71. The molecule has 0 spiro atoms. The molecular weight excluding hydrogens is 913 g/mol. The van der Waals surface area contributed by atoms with Gasteiger partial charge in [-0.25, -0.2) is 0 Å². The summed E-state index contributed by atoms with van der Waals surface area (Å²) in [6.45, 7) is 6.56. The van der Waals surface area contributed by atoms with Crippen LogP contribution in [0, 0.1) is 0 Å². The van der Waals surface area contributed by atoms with Crippen LogP contribution in [0.4, 0.5) is 0 Å². The minimum absolute atomic E-state index is 0.0718. The van der Waals surface area contributed by atoms with Gasteiger partial charge in [0.1, 0.15) is 13.2 Å². The van der Waals surface area contributed by atoms with Crippen LogP contribution in [-0.2, 0) is 28.6 Å². The predicted octanol–water partition coefficient (Wildman–Crippen LogP) is 22.2. The molecule has 0 saturated carbocycles. The lowest BCUT2D eigenvalue weighted by Crippen LogP contribution is -2.30. The number of carbonyl (C=O) groups excluding carboxylic acids is 3. The van der Waals surface area contributed by atoms with Gasteiger partial charge in [0.15, 0.2) is 6.10 Å². The molecule has 1 atom stereocenters. The maximum atomic E-state index is 12.9. The lowest BCUT2D eigenvalue weighted by Gasteiger charge is -2.18. The number of esters is 3. The van der Waals surface area contributed by atoms with Crippen LogP contribution in [0.1, 0.15) is 348 Å². The summed E-state index contributed by atoms with van der Waals surface area (Å²) in [7, 11) is 0. The minimum atomic E-state index is -0.774. The molecule has 0 aromatic carbocycles. The van der Waals surface area contributed by atoms with Gasteiger partial charge >= 0.3 is 17.9 Å². The van der Waals surface area contributed by atoms with Crippen molar-refractivity contribution >= 4 is 17.9 Å². The van der Waals surface area contributed by atoms with E-state index in [4.69, 9.17) is 14.2 Å². The Labute approximate surface area is 460 Å². The van der Waals surface area contributed by atoms with E-state index >= 15 is 0 Å². The van der Waals surface area contributed by atoms with Crippen molar-refractivity contribution in [3.05, 3.63) is 48.6 Å². The normalized spacial score (nSPS) is 12.3. The Morgan fingerprint density at radius 3 is 0.824 bits per heavy atom. The SMILES string of the molecule is CC/C=C\C/C=C\C/C=C\C/C=C\CCCCCCCCCCC(=O)OC(COC(=O)CCCCCCCCCCC)COC(=O)CCCCCCCCCCCCCCCCCCCCCCCCCCCC. The Morgan fingerprint density at radius 2 is 0.527 bits per heavy atom. The third kappa shape index (κ3) is 60.2. The fourth-order valence-corrected chi connectivity index (χ4v) is 9.73. The van der Waals surface area contributed by atoms with Crippen LogP contribution >= 0.6 is 0 Å². The number of ether oxygens (including phenoxy) is 3. The third-order valence-electron chi connectivity index (χ3n) is 14.6. The summed E-state index contributed by atoms with van der Waals surface area (Å²) in [5.74, 6) is -0.862. The fraction of sp³-hybridized carbons (Fsp3) is 0.838. The molecule has 432 valence electrons. The van der Waals surface area contributed by atoms with Crippen molar-refractivity contribution in [2.75, 3.05) is 13.2 Å². The van der Waals surface area contributed by atoms with Crippen LogP contribution in [0.15, 0.2) is 48.6 Å². The van der Waals surface area contributed by atoms with Gasteiger partial charge in [-0.2, -0.15) is 0 Å². The van der Waals surface area contributed by atoms with Gasteiger partial charge in [0.05, 0.1) is 0 Å². The van der Waals surface area contributed by atoms with E-state index in [9.17, 15) is 14.4 Å². The van der Waals surface area contributed by atoms with E-state index in [-0.39, 0.29) is 31.1 Å². The topological polar surface area (TPSA) is 78.9 Å². The molecule has 0 aromatic heterocycles. The number of hydrogen-bond acceptors (Lipinski definition) is 6. The Balaban J connectivity index is 4.15. The maximum Gasteiger partial charge on any atom is 0.306 e. The van der Waals surface area contributed by atoms with Gasteiger partial charge in [0.25, 0.3) is 0 Å². The lowest BCUT2D eigenvalue weighted by atomic mass is 10.0. The number of rotatable bonds is 60. The predicted molar refractivity (Wildman–Crippen MR) is 321 cm³/mol. The van der Waals surface area contributed by atoms with Crippen molar-refractivity contribution in [2.24, 2.45) is 0 Å². The van der Waals surface area contributed by atoms with Crippen molar-refractivity contribution in [1.29, 1.82) is 0 Å². The smallest absolute Gasteiger partial charge is 0.306 e. The largest absolute Gasteiger partial charge is 0.462 e. The molecule has 74 heavy (non-hydrogen) atoms. The van der Waals surface area contributed by atoms with Crippen molar-refractivity contribution < 1.29 is 28.6 Å². The molecule has 0 aliphatic rings. The summed E-state index contributed by atoms with van der Waals surface area (Å²) in [5.41, 5.74) is 0. The molecule has 0 aliphatic carbocycles. The molecule has 0 N–H and O–H groups in total. The van der Waals surface area contributed by atoms with Gasteiger partial charge in [-0.3, -0.25) is 14.4 Å². The molecule has 0 aromatic rings. The first-order valence-electron chi connectivity index (χ1n) is 32.6. The van der Waals surface area contributed by atoms with Gasteiger partial charge in [-0.1, -0.05) is 320 Å². The summed E-state index contributed by atoms with van der Waals surface area (Å²) in [5, 5.41) is 0. The molecule has 0 aliphatic heterocycles. The summed E-state index contributed by atoms with van der Waals surface area (Å²) in [6, 6.07) is 0. The molecular formula is C68H124O6. The second-order valence-electron chi connectivity index (χ2n) is 22.0. The molecule has 0 heterocycles. The van der Waals surface area contributed by atoms with E-state index in [1.807, 2.05) is 0 Å². The first kappa shape index (κ1) is 71.4. The summed E-state index contributed by atoms with van der Waals surface area (Å²) in [4.78, 5) is 38.2. The number of hydrogen-bond donors (Lipinski definition) is 0. The van der Waals surface area contributed by atoms with E-state index in [0.717, 1.165) is 89.9 Å². The van der Waals surface area contributed by atoms with E-state index in [0.29, 0.717) is 19.3 Å². The average molecular weight is 1040 g/mol. The minimum Gasteiger partial charge on any atom is -0.462 e. The fourth-order valence-electron chi connectivity index (χ4n) is 9.73. The monoisotopic (exact) mass is 1040 g/mol. The number of allylic oxidation sites excluding steroid dienone is 8. The van der Waals surface area contributed by atoms with E-state index in [2.05, 4.69) is 69.4 Å². The van der Waals surface area contributed by atoms with Crippen LogP contribution in [-0.4, -0.2) is 37.2 Å². The summed E-state index contributed by atoms with van der Waals surface area (Å²) in [6.07, 6.45) is 78.6. The van der Waals surface area contributed by atoms with Gasteiger partial charge in [-0.15, -0.1) is 0 Å². The zero-order valence-corrected chi connectivity index (χ0v) is 49.6.